The minimum atomic E-state index is -4.48. The predicted molar refractivity (Wildman–Crippen MR) is 70.4 cm³/mol. The van der Waals surface area contributed by atoms with Crippen LogP contribution in [-0.2, 0) is 6.18 Å². The Bertz CT molecular complexity index is 678. The molecule has 0 atom stereocenters. The van der Waals surface area contributed by atoms with Crippen molar-refractivity contribution in [1.29, 1.82) is 0 Å². The summed E-state index contributed by atoms with van der Waals surface area (Å²) in [5, 5.41) is 9.20. The summed E-state index contributed by atoms with van der Waals surface area (Å²) in [4.78, 5) is 11.3. The second-order valence-corrected chi connectivity index (χ2v) is 4.30. The molecule has 0 aliphatic heterocycles. The Morgan fingerprint density at radius 1 is 1.14 bits per heavy atom. The fourth-order valence-electron chi connectivity index (χ4n) is 1.94. The van der Waals surface area contributed by atoms with Gasteiger partial charge in [0.05, 0.1) is 18.2 Å². The van der Waals surface area contributed by atoms with E-state index in [2.05, 4.69) is 0 Å². The van der Waals surface area contributed by atoms with Crippen LogP contribution in [0.25, 0.3) is 11.1 Å². The molecule has 0 aliphatic rings. The first-order valence-corrected chi connectivity index (χ1v) is 5.92. The fraction of sp³-hybridized carbons (Fsp3) is 0.133. The highest BCUT2D eigenvalue weighted by atomic mass is 19.4. The number of halogens is 3. The summed E-state index contributed by atoms with van der Waals surface area (Å²) in [5.41, 5.74) is -0.555. The second kappa shape index (κ2) is 5.47. The van der Waals surface area contributed by atoms with Gasteiger partial charge in [0.15, 0.2) is 0 Å². The summed E-state index contributed by atoms with van der Waals surface area (Å²) in [6.07, 6.45) is -4.48. The minimum Gasteiger partial charge on any atom is -0.497 e. The molecule has 0 saturated heterocycles. The molecule has 0 aromatic heterocycles. The van der Waals surface area contributed by atoms with Crippen molar-refractivity contribution in [3.05, 3.63) is 53.6 Å². The Labute approximate surface area is 118 Å². The van der Waals surface area contributed by atoms with Crippen LogP contribution in [-0.4, -0.2) is 18.2 Å². The van der Waals surface area contributed by atoms with Gasteiger partial charge in [-0.15, -0.1) is 0 Å². The van der Waals surface area contributed by atoms with Crippen molar-refractivity contribution >= 4 is 5.97 Å². The van der Waals surface area contributed by atoms with E-state index in [-0.39, 0.29) is 16.7 Å². The van der Waals surface area contributed by atoms with Gasteiger partial charge in [0.2, 0.25) is 0 Å². The van der Waals surface area contributed by atoms with E-state index in [0.29, 0.717) is 5.75 Å². The van der Waals surface area contributed by atoms with E-state index in [0.717, 1.165) is 12.1 Å². The first-order valence-electron chi connectivity index (χ1n) is 5.92. The molecule has 6 heteroatoms. The number of carboxylic acid groups (broad SMARTS) is 1. The smallest absolute Gasteiger partial charge is 0.416 e. The maximum atomic E-state index is 12.7. The van der Waals surface area contributed by atoms with Crippen LogP contribution in [0.4, 0.5) is 13.2 Å². The summed E-state index contributed by atoms with van der Waals surface area (Å²) >= 11 is 0. The normalized spacial score (nSPS) is 11.2. The van der Waals surface area contributed by atoms with Crippen molar-refractivity contribution in [3.8, 4) is 16.9 Å². The lowest BCUT2D eigenvalue weighted by Crippen LogP contribution is -2.05. The van der Waals surface area contributed by atoms with Crippen LogP contribution in [0.3, 0.4) is 0 Å². The monoisotopic (exact) mass is 296 g/mol. The number of aromatic carboxylic acids is 1. The first kappa shape index (κ1) is 14.9. The van der Waals surface area contributed by atoms with E-state index in [4.69, 9.17) is 4.74 Å². The molecule has 0 amide bonds. The zero-order valence-corrected chi connectivity index (χ0v) is 10.9. The number of ether oxygens (including phenoxy) is 1. The van der Waals surface area contributed by atoms with E-state index < -0.39 is 17.7 Å². The van der Waals surface area contributed by atoms with Gasteiger partial charge in [-0.1, -0.05) is 12.1 Å². The Morgan fingerprint density at radius 2 is 1.86 bits per heavy atom. The van der Waals surface area contributed by atoms with E-state index in [1.54, 1.807) is 0 Å². The van der Waals surface area contributed by atoms with Crippen molar-refractivity contribution in [2.24, 2.45) is 0 Å². The van der Waals surface area contributed by atoms with Crippen molar-refractivity contribution in [3.63, 3.8) is 0 Å². The van der Waals surface area contributed by atoms with Crippen molar-refractivity contribution in [1.82, 2.24) is 0 Å². The third-order valence-electron chi connectivity index (χ3n) is 2.96. The van der Waals surface area contributed by atoms with Crippen molar-refractivity contribution in [2.45, 2.75) is 6.18 Å². The summed E-state index contributed by atoms with van der Waals surface area (Å²) < 4.78 is 43.1. The number of carbonyl (C=O) groups is 1. The fourth-order valence-corrected chi connectivity index (χ4v) is 1.94. The summed E-state index contributed by atoms with van der Waals surface area (Å²) in [5.74, 6) is -0.913. The van der Waals surface area contributed by atoms with Gasteiger partial charge in [-0.25, -0.2) is 4.79 Å². The maximum Gasteiger partial charge on any atom is 0.416 e. The molecule has 3 nitrogen and oxygen atoms in total. The topological polar surface area (TPSA) is 46.5 Å². The Morgan fingerprint density at radius 3 is 2.43 bits per heavy atom. The molecular weight excluding hydrogens is 285 g/mol. The number of carboxylic acids is 1. The number of rotatable bonds is 3. The molecule has 2 aromatic carbocycles. The molecule has 0 radical (unpaired) electrons. The average molecular weight is 296 g/mol. The first-order chi connectivity index (χ1) is 9.82. The Hall–Kier alpha value is -2.50. The lowest BCUT2D eigenvalue weighted by molar-refractivity contribution is -0.137. The van der Waals surface area contributed by atoms with Crippen LogP contribution in [0.2, 0.25) is 0 Å². The summed E-state index contributed by atoms with van der Waals surface area (Å²) in [7, 11) is 1.38. The highest BCUT2D eigenvalue weighted by Gasteiger charge is 2.30. The number of benzene rings is 2. The molecule has 0 heterocycles. The third kappa shape index (κ3) is 3.16. The van der Waals surface area contributed by atoms with Crippen LogP contribution >= 0.6 is 0 Å². The van der Waals surface area contributed by atoms with Gasteiger partial charge in [-0.05, 0) is 41.5 Å². The van der Waals surface area contributed by atoms with Gasteiger partial charge in [-0.3, -0.25) is 0 Å². The van der Waals surface area contributed by atoms with Gasteiger partial charge in [-0.2, -0.15) is 13.2 Å². The third-order valence-corrected chi connectivity index (χ3v) is 2.96. The van der Waals surface area contributed by atoms with Crippen LogP contribution in [0, 0.1) is 0 Å². The van der Waals surface area contributed by atoms with Crippen LogP contribution < -0.4 is 4.74 Å². The largest absolute Gasteiger partial charge is 0.497 e. The van der Waals surface area contributed by atoms with Gasteiger partial charge < -0.3 is 9.84 Å². The minimum absolute atomic E-state index is 0.117. The molecule has 0 spiro atoms. The molecule has 0 fully saturated rings. The predicted octanol–water partition coefficient (Wildman–Crippen LogP) is 4.08. The van der Waals surface area contributed by atoms with Crippen LogP contribution in [0.1, 0.15) is 15.9 Å². The molecular formula is C15H11F3O3. The SMILES string of the molecule is COc1ccc(-c2cccc(C(F)(F)F)c2)c(C(=O)O)c1. The lowest BCUT2D eigenvalue weighted by atomic mass is 9.97. The van der Waals surface area contributed by atoms with E-state index in [1.165, 1.54) is 37.4 Å². The molecule has 0 unspecified atom stereocenters. The number of hydrogen-bond donors (Lipinski definition) is 1. The highest BCUT2D eigenvalue weighted by Crippen LogP contribution is 2.34. The standard InChI is InChI=1S/C15H11F3O3/c1-21-11-5-6-12(13(8-11)14(19)20)9-3-2-4-10(7-9)15(16,17)18/h2-8H,1H3,(H,19,20). The quantitative estimate of drug-likeness (QED) is 0.928. The van der Waals surface area contributed by atoms with E-state index in [9.17, 15) is 23.1 Å². The maximum absolute atomic E-state index is 12.7. The summed E-state index contributed by atoms with van der Waals surface area (Å²) in [6.45, 7) is 0. The molecule has 0 aliphatic carbocycles. The van der Waals surface area contributed by atoms with Gasteiger partial charge in [0.1, 0.15) is 5.75 Å². The van der Waals surface area contributed by atoms with E-state index in [1.807, 2.05) is 0 Å². The van der Waals surface area contributed by atoms with E-state index >= 15 is 0 Å². The Kier molecular flexibility index (Phi) is 3.88. The molecule has 0 saturated carbocycles. The molecule has 21 heavy (non-hydrogen) atoms. The molecule has 1 N–H and O–H groups in total. The van der Waals surface area contributed by atoms with Gasteiger partial charge in [0.25, 0.3) is 0 Å². The number of hydrogen-bond acceptors (Lipinski definition) is 2. The molecule has 110 valence electrons. The molecule has 2 aromatic rings. The van der Waals surface area contributed by atoms with Gasteiger partial charge >= 0.3 is 12.1 Å². The van der Waals surface area contributed by atoms with Crippen LogP contribution in [0.15, 0.2) is 42.5 Å². The van der Waals surface area contributed by atoms with Crippen LogP contribution in [0.5, 0.6) is 5.75 Å². The highest BCUT2D eigenvalue weighted by molar-refractivity contribution is 5.96. The lowest BCUT2D eigenvalue weighted by Gasteiger charge is -2.11. The number of alkyl halides is 3. The average Bonchev–Trinajstić information content (AvgIpc) is 2.45. The zero-order chi connectivity index (χ0) is 15.6. The molecule has 0 bridgehead atoms. The second-order valence-electron chi connectivity index (χ2n) is 4.30. The molecule has 2 rings (SSSR count). The van der Waals surface area contributed by atoms with Crippen molar-refractivity contribution in [2.75, 3.05) is 7.11 Å². The number of methoxy groups -OCH3 is 1. The van der Waals surface area contributed by atoms with Crippen molar-refractivity contribution < 1.29 is 27.8 Å². The van der Waals surface area contributed by atoms with Gasteiger partial charge in [0, 0.05) is 0 Å². The Balaban J connectivity index is 2.59. The zero-order valence-electron chi connectivity index (χ0n) is 10.9. The summed E-state index contributed by atoms with van der Waals surface area (Å²) in [6, 6.07) is 8.75.